The molecule has 5 nitrogen and oxygen atoms in total. The van der Waals surface area contributed by atoms with E-state index in [0.29, 0.717) is 19.0 Å². The number of nitrogens with zero attached hydrogens (tertiary/aromatic N) is 1. The largest absolute Gasteiger partial charge is 0.497 e. The molecule has 0 heterocycles. The highest BCUT2D eigenvalue weighted by Gasteiger charge is 2.06. The molecule has 0 radical (unpaired) electrons. The second-order valence-electron chi connectivity index (χ2n) is 5.36. The van der Waals surface area contributed by atoms with Crippen molar-refractivity contribution in [1.82, 2.24) is 10.6 Å². The first-order chi connectivity index (χ1) is 12.2. The number of halogens is 2. The van der Waals surface area contributed by atoms with E-state index < -0.39 is 0 Å². The van der Waals surface area contributed by atoms with Crippen LogP contribution in [0.2, 0.25) is 0 Å². The summed E-state index contributed by atoms with van der Waals surface area (Å²) in [7, 11) is 3.25. The van der Waals surface area contributed by atoms with E-state index in [1.165, 1.54) is 12.1 Å². The number of benzene rings is 2. The molecule has 0 fully saturated rings. The zero-order valence-corrected chi connectivity index (χ0v) is 17.5. The van der Waals surface area contributed by atoms with Gasteiger partial charge < -0.3 is 20.1 Å². The van der Waals surface area contributed by atoms with E-state index in [1.807, 2.05) is 31.2 Å². The fourth-order valence-corrected chi connectivity index (χ4v) is 2.32. The SMILES string of the molecule is CCNC(=NCc1cccc(F)c1)NCc1ccc(OC)cc1OC.I. The highest BCUT2D eigenvalue weighted by molar-refractivity contribution is 14.0. The van der Waals surface area contributed by atoms with E-state index >= 15 is 0 Å². The summed E-state index contributed by atoms with van der Waals surface area (Å²) in [4.78, 5) is 4.49. The number of nitrogens with one attached hydrogen (secondary N) is 2. The van der Waals surface area contributed by atoms with Crippen LogP contribution in [0.3, 0.4) is 0 Å². The second-order valence-corrected chi connectivity index (χ2v) is 5.36. The highest BCUT2D eigenvalue weighted by atomic mass is 127. The van der Waals surface area contributed by atoms with Gasteiger partial charge in [-0.1, -0.05) is 12.1 Å². The molecule has 26 heavy (non-hydrogen) atoms. The van der Waals surface area contributed by atoms with Gasteiger partial charge in [-0.25, -0.2) is 9.38 Å². The van der Waals surface area contributed by atoms with Crippen LogP contribution in [0.25, 0.3) is 0 Å². The van der Waals surface area contributed by atoms with Crippen molar-refractivity contribution in [2.45, 2.75) is 20.0 Å². The minimum absolute atomic E-state index is 0. The third-order valence-corrected chi connectivity index (χ3v) is 3.59. The average molecular weight is 473 g/mol. The topological polar surface area (TPSA) is 54.9 Å². The van der Waals surface area contributed by atoms with Gasteiger partial charge in [0.25, 0.3) is 0 Å². The molecule has 7 heteroatoms. The van der Waals surface area contributed by atoms with Crippen molar-refractivity contribution in [3.63, 3.8) is 0 Å². The Balaban J connectivity index is 0.00000338. The lowest BCUT2D eigenvalue weighted by molar-refractivity contribution is 0.390. The third kappa shape index (κ3) is 6.70. The number of guanidine groups is 1. The smallest absolute Gasteiger partial charge is 0.191 e. The van der Waals surface area contributed by atoms with Crippen LogP contribution in [0, 0.1) is 5.82 Å². The first-order valence-corrected chi connectivity index (χ1v) is 8.13. The monoisotopic (exact) mass is 473 g/mol. The fraction of sp³-hybridized carbons (Fsp3) is 0.316. The van der Waals surface area contributed by atoms with Gasteiger partial charge in [0, 0.05) is 24.7 Å². The molecule has 0 atom stereocenters. The quantitative estimate of drug-likeness (QED) is 0.366. The summed E-state index contributed by atoms with van der Waals surface area (Å²) in [5, 5.41) is 6.44. The first-order valence-electron chi connectivity index (χ1n) is 8.13. The summed E-state index contributed by atoms with van der Waals surface area (Å²) >= 11 is 0. The summed E-state index contributed by atoms with van der Waals surface area (Å²) in [5.74, 6) is 1.89. The molecule has 2 aromatic carbocycles. The molecule has 0 aliphatic carbocycles. The van der Waals surface area contributed by atoms with Crippen molar-refractivity contribution in [3.05, 3.63) is 59.4 Å². The zero-order valence-electron chi connectivity index (χ0n) is 15.2. The molecule has 0 spiro atoms. The molecule has 0 aliphatic rings. The summed E-state index contributed by atoms with van der Waals surface area (Å²) in [6, 6.07) is 12.1. The van der Waals surface area contributed by atoms with E-state index in [-0.39, 0.29) is 29.8 Å². The van der Waals surface area contributed by atoms with Crippen molar-refractivity contribution in [3.8, 4) is 11.5 Å². The highest BCUT2D eigenvalue weighted by Crippen LogP contribution is 2.24. The van der Waals surface area contributed by atoms with Crippen molar-refractivity contribution in [2.24, 2.45) is 4.99 Å². The Morgan fingerprint density at radius 2 is 1.88 bits per heavy atom. The number of hydrogen-bond donors (Lipinski definition) is 2. The molecule has 0 aliphatic heterocycles. The Hall–Kier alpha value is -2.03. The number of hydrogen-bond acceptors (Lipinski definition) is 3. The van der Waals surface area contributed by atoms with Gasteiger partial charge in [0.15, 0.2) is 5.96 Å². The standard InChI is InChI=1S/C19H24FN3O2.HI/c1-4-21-19(22-12-14-6-5-7-16(20)10-14)23-13-15-8-9-17(24-2)11-18(15)25-3;/h5-11H,4,12-13H2,1-3H3,(H2,21,22,23);1H. The summed E-state index contributed by atoms with van der Waals surface area (Å²) in [6.45, 7) is 3.66. The van der Waals surface area contributed by atoms with Crippen molar-refractivity contribution in [2.75, 3.05) is 20.8 Å². The van der Waals surface area contributed by atoms with Gasteiger partial charge in [-0.05, 0) is 36.8 Å². The van der Waals surface area contributed by atoms with Gasteiger partial charge in [-0.3, -0.25) is 0 Å². The number of aliphatic imine (C=N–C) groups is 1. The normalized spacial score (nSPS) is 10.7. The molecule has 0 saturated carbocycles. The maximum absolute atomic E-state index is 13.3. The van der Waals surface area contributed by atoms with Gasteiger partial charge in [0.2, 0.25) is 0 Å². The van der Waals surface area contributed by atoms with E-state index in [0.717, 1.165) is 29.2 Å². The predicted octanol–water partition coefficient (Wildman–Crippen LogP) is 3.72. The fourth-order valence-electron chi connectivity index (χ4n) is 2.32. The predicted molar refractivity (Wildman–Crippen MR) is 113 cm³/mol. The van der Waals surface area contributed by atoms with E-state index in [2.05, 4.69) is 15.6 Å². The lowest BCUT2D eigenvalue weighted by Crippen LogP contribution is -2.36. The van der Waals surface area contributed by atoms with Crippen LogP contribution in [-0.2, 0) is 13.1 Å². The van der Waals surface area contributed by atoms with Crippen LogP contribution in [-0.4, -0.2) is 26.7 Å². The van der Waals surface area contributed by atoms with Crippen LogP contribution < -0.4 is 20.1 Å². The van der Waals surface area contributed by atoms with E-state index in [9.17, 15) is 4.39 Å². The molecule has 2 rings (SSSR count). The van der Waals surface area contributed by atoms with Crippen molar-refractivity contribution < 1.29 is 13.9 Å². The van der Waals surface area contributed by atoms with Crippen LogP contribution in [0.15, 0.2) is 47.5 Å². The van der Waals surface area contributed by atoms with Gasteiger partial charge in [0.1, 0.15) is 17.3 Å². The lowest BCUT2D eigenvalue weighted by atomic mass is 10.2. The average Bonchev–Trinajstić information content (AvgIpc) is 2.64. The summed E-state index contributed by atoms with van der Waals surface area (Å²) in [5.41, 5.74) is 1.80. The van der Waals surface area contributed by atoms with Crippen LogP contribution >= 0.6 is 24.0 Å². The zero-order chi connectivity index (χ0) is 18.1. The Kier molecular flexibility index (Phi) is 9.79. The minimum atomic E-state index is -0.256. The molecule has 0 amide bonds. The van der Waals surface area contributed by atoms with Crippen molar-refractivity contribution in [1.29, 1.82) is 0 Å². The molecule has 0 aromatic heterocycles. The third-order valence-electron chi connectivity index (χ3n) is 3.59. The molecule has 142 valence electrons. The van der Waals surface area contributed by atoms with Gasteiger partial charge in [-0.15, -0.1) is 24.0 Å². The number of methoxy groups -OCH3 is 2. The van der Waals surface area contributed by atoms with E-state index in [4.69, 9.17) is 9.47 Å². The number of rotatable bonds is 7. The lowest BCUT2D eigenvalue weighted by Gasteiger charge is -2.14. The summed E-state index contributed by atoms with van der Waals surface area (Å²) < 4.78 is 23.9. The molecule has 2 aromatic rings. The van der Waals surface area contributed by atoms with Crippen LogP contribution in [0.1, 0.15) is 18.1 Å². The Labute approximate surface area is 171 Å². The number of ether oxygens (including phenoxy) is 2. The maximum atomic E-state index is 13.3. The second kappa shape index (κ2) is 11.6. The van der Waals surface area contributed by atoms with Gasteiger partial charge in [0.05, 0.1) is 20.8 Å². The van der Waals surface area contributed by atoms with Crippen LogP contribution in [0.4, 0.5) is 4.39 Å². The molecular formula is C19H25FIN3O2. The minimum Gasteiger partial charge on any atom is -0.497 e. The maximum Gasteiger partial charge on any atom is 0.191 e. The molecule has 0 bridgehead atoms. The first kappa shape index (κ1) is 22.0. The van der Waals surface area contributed by atoms with Gasteiger partial charge >= 0.3 is 0 Å². The summed E-state index contributed by atoms with van der Waals surface area (Å²) in [6.07, 6.45) is 0. The van der Waals surface area contributed by atoms with Crippen LogP contribution in [0.5, 0.6) is 11.5 Å². The molecule has 0 unspecified atom stereocenters. The Bertz CT molecular complexity index is 726. The van der Waals surface area contributed by atoms with E-state index in [1.54, 1.807) is 20.3 Å². The molecule has 2 N–H and O–H groups in total. The van der Waals surface area contributed by atoms with Crippen molar-refractivity contribution >= 4 is 29.9 Å². The Morgan fingerprint density at radius 3 is 2.54 bits per heavy atom. The Morgan fingerprint density at radius 1 is 1.08 bits per heavy atom. The molecule has 0 saturated heterocycles. The molecular weight excluding hydrogens is 448 g/mol. The van der Waals surface area contributed by atoms with Gasteiger partial charge in [-0.2, -0.15) is 0 Å².